The van der Waals surface area contributed by atoms with E-state index in [-0.39, 0.29) is 16.9 Å². The van der Waals surface area contributed by atoms with Gasteiger partial charge in [-0.25, -0.2) is 12.8 Å². The number of halogens is 2. The third kappa shape index (κ3) is 3.21. The van der Waals surface area contributed by atoms with E-state index in [0.29, 0.717) is 17.6 Å². The molecule has 1 aromatic carbocycles. The molecule has 112 valence electrons. The molecule has 1 fully saturated rings. The zero-order valence-electron chi connectivity index (χ0n) is 11.2. The molecule has 0 radical (unpaired) electrons. The summed E-state index contributed by atoms with van der Waals surface area (Å²) in [5, 5.41) is 0. The maximum Gasteiger partial charge on any atom is 0.246 e. The Morgan fingerprint density at radius 1 is 1.50 bits per heavy atom. The maximum absolute atomic E-state index is 13.8. The smallest absolute Gasteiger partial charge is 0.246 e. The van der Waals surface area contributed by atoms with Crippen molar-refractivity contribution in [3.05, 3.63) is 28.5 Å². The quantitative estimate of drug-likeness (QED) is 0.894. The number of nitrogens with two attached hydrogens (primary N) is 1. The third-order valence-corrected chi connectivity index (χ3v) is 6.05. The Balaban J connectivity index is 2.32. The zero-order valence-corrected chi connectivity index (χ0v) is 13.6. The van der Waals surface area contributed by atoms with E-state index in [1.54, 1.807) is 0 Å². The summed E-state index contributed by atoms with van der Waals surface area (Å²) in [6.45, 7) is 2.64. The van der Waals surface area contributed by atoms with Crippen molar-refractivity contribution in [1.82, 2.24) is 4.31 Å². The SMILES string of the molecule is C[C@H](N)[C@@H]1CCCN(S(=O)(=O)c2cc(Br)ccc2F)C1. The highest BCUT2D eigenvalue weighted by Gasteiger charge is 2.33. The fourth-order valence-corrected chi connectivity index (χ4v) is 4.57. The molecule has 0 aromatic heterocycles. The van der Waals surface area contributed by atoms with Crippen molar-refractivity contribution in [2.45, 2.75) is 30.7 Å². The van der Waals surface area contributed by atoms with Gasteiger partial charge in [-0.05, 0) is 43.9 Å². The molecule has 0 bridgehead atoms. The molecule has 2 rings (SSSR count). The fraction of sp³-hybridized carbons (Fsp3) is 0.538. The van der Waals surface area contributed by atoms with Crippen molar-refractivity contribution >= 4 is 26.0 Å². The molecule has 0 saturated carbocycles. The molecule has 1 aromatic rings. The van der Waals surface area contributed by atoms with Crippen molar-refractivity contribution in [1.29, 1.82) is 0 Å². The molecule has 1 saturated heterocycles. The van der Waals surface area contributed by atoms with Gasteiger partial charge in [0.15, 0.2) is 0 Å². The summed E-state index contributed by atoms with van der Waals surface area (Å²) in [7, 11) is -3.81. The fourth-order valence-electron chi connectivity index (χ4n) is 2.44. The molecule has 4 nitrogen and oxygen atoms in total. The molecule has 0 amide bonds. The van der Waals surface area contributed by atoms with Gasteiger partial charge in [0.2, 0.25) is 10.0 Å². The van der Waals surface area contributed by atoms with Crippen LogP contribution in [0.25, 0.3) is 0 Å². The lowest BCUT2D eigenvalue weighted by molar-refractivity contribution is 0.242. The molecule has 0 aliphatic carbocycles. The van der Waals surface area contributed by atoms with Crippen molar-refractivity contribution < 1.29 is 12.8 Å². The van der Waals surface area contributed by atoms with E-state index in [4.69, 9.17) is 5.73 Å². The van der Waals surface area contributed by atoms with Crippen LogP contribution < -0.4 is 5.73 Å². The number of hydrogen-bond donors (Lipinski definition) is 1. The van der Waals surface area contributed by atoms with Crippen LogP contribution in [0.4, 0.5) is 4.39 Å². The molecule has 2 N–H and O–H groups in total. The largest absolute Gasteiger partial charge is 0.328 e. The lowest BCUT2D eigenvalue weighted by Gasteiger charge is -2.33. The number of sulfonamides is 1. The van der Waals surface area contributed by atoms with Crippen LogP contribution in [0.3, 0.4) is 0 Å². The van der Waals surface area contributed by atoms with E-state index in [1.165, 1.54) is 16.4 Å². The van der Waals surface area contributed by atoms with Gasteiger partial charge in [0.25, 0.3) is 0 Å². The standard InChI is InChI=1S/C13H18BrFN2O2S/c1-9(16)10-3-2-6-17(8-10)20(18,19)13-7-11(14)4-5-12(13)15/h4-5,7,9-10H,2-3,6,8,16H2,1H3/t9-,10+/m0/s1. The van der Waals surface area contributed by atoms with Crippen LogP contribution in [-0.4, -0.2) is 31.9 Å². The highest BCUT2D eigenvalue weighted by Crippen LogP contribution is 2.28. The first-order valence-electron chi connectivity index (χ1n) is 6.53. The predicted molar refractivity (Wildman–Crippen MR) is 79.2 cm³/mol. The van der Waals surface area contributed by atoms with E-state index in [2.05, 4.69) is 15.9 Å². The van der Waals surface area contributed by atoms with Gasteiger partial charge < -0.3 is 5.73 Å². The Morgan fingerprint density at radius 3 is 2.85 bits per heavy atom. The zero-order chi connectivity index (χ0) is 14.9. The second-order valence-corrected chi connectivity index (χ2v) is 8.02. The number of rotatable bonds is 3. The van der Waals surface area contributed by atoms with Crippen LogP contribution in [0, 0.1) is 11.7 Å². The van der Waals surface area contributed by atoms with Crippen LogP contribution in [0.2, 0.25) is 0 Å². The number of nitrogens with zero attached hydrogens (tertiary/aromatic N) is 1. The van der Waals surface area contributed by atoms with Crippen molar-refractivity contribution in [3.8, 4) is 0 Å². The van der Waals surface area contributed by atoms with Gasteiger partial charge in [-0.1, -0.05) is 15.9 Å². The molecule has 20 heavy (non-hydrogen) atoms. The second kappa shape index (κ2) is 6.09. The van der Waals surface area contributed by atoms with E-state index >= 15 is 0 Å². The van der Waals surface area contributed by atoms with Gasteiger partial charge in [0, 0.05) is 23.6 Å². The van der Waals surface area contributed by atoms with Crippen LogP contribution in [0.5, 0.6) is 0 Å². The van der Waals surface area contributed by atoms with E-state index in [9.17, 15) is 12.8 Å². The molecular formula is C13H18BrFN2O2S. The molecule has 1 heterocycles. The topological polar surface area (TPSA) is 63.4 Å². The number of hydrogen-bond acceptors (Lipinski definition) is 3. The second-order valence-electron chi connectivity index (χ2n) is 5.20. The molecular weight excluding hydrogens is 347 g/mol. The monoisotopic (exact) mass is 364 g/mol. The first kappa shape index (κ1) is 15.9. The Hall–Kier alpha value is -0.500. The van der Waals surface area contributed by atoms with Crippen LogP contribution in [0.15, 0.2) is 27.6 Å². The minimum absolute atomic E-state index is 0.0691. The van der Waals surface area contributed by atoms with Gasteiger partial charge in [-0.15, -0.1) is 0 Å². The van der Waals surface area contributed by atoms with Gasteiger partial charge in [-0.3, -0.25) is 0 Å². The van der Waals surface area contributed by atoms with Crippen molar-refractivity contribution in [2.24, 2.45) is 11.7 Å². The summed E-state index contributed by atoms with van der Waals surface area (Å²) in [5.41, 5.74) is 5.86. The minimum atomic E-state index is -3.81. The Labute approximate surface area is 127 Å². The molecule has 7 heteroatoms. The van der Waals surface area contributed by atoms with Crippen molar-refractivity contribution in [3.63, 3.8) is 0 Å². The Morgan fingerprint density at radius 2 is 2.20 bits per heavy atom. The van der Waals surface area contributed by atoms with E-state index in [1.807, 2.05) is 6.92 Å². The van der Waals surface area contributed by atoms with Gasteiger partial charge >= 0.3 is 0 Å². The summed E-state index contributed by atoms with van der Waals surface area (Å²) in [4.78, 5) is -0.280. The summed E-state index contributed by atoms with van der Waals surface area (Å²) in [5.74, 6) is -0.607. The first-order valence-corrected chi connectivity index (χ1v) is 8.76. The molecule has 0 unspecified atom stereocenters. The highest BCUT2D eigenvalue weighted by molar-refractivity contribution is 9.10. The maximum atomic E-state index is 13.8. The first-order chi connectivity index (χ1) is 9.32. The lowest BCUT2D eigenvalue weighted by Crippen LogP contribution is -2.45. The van der Waals surface area contributed by atoms with Gasteiger partial charge in [-0.2, -0.15) is 4.31 Å². The number of benzene rings is 1. The predicted octanol–water partition coefficient (Wildman–Crippen LogP) is 2.34. The van der Waals surface area contributed by atoms with Crippen LogP contribution in [0.1, 0.15) is 19.8 Å². The molecule has 2 atom stereocenters. The average molecular weight is 365 g/mol. The van der Waals surface area contributed by atoms with Gasteiger partial charge in [0.1, 0.15) is 10.7 Å². The summed E-state index contributed by atoms with van der Waals surface area (Å²) < 4.78 is 40.8. The Bertz CT molecular complexity index is 592. The lowest BCUT2D eigenvalue weighted by atomic mass is 9.93. The van der Waals surface area contributed by atoms with E-state index in [0.717, 1.165) is 18.9 Å². The average Bonchev–Trinajstić information content (AvgIpc) is 2.41. The molecule has 1 aliphatic heterocycles. The van der Waals surface area contributed by atoms with Crippen LogP contribution in [-0.2, 0) is 10.0 Å². The minimum Gasteiger partial charge on any atom is -0.328 e. The molecule has 0 spiro atoms. The van der Waals surface area contributed by atoms with Crippen molar-refractivity contribution in [2.75, 3.05) is 13.1 Å². The summed E-state index contributed by atoms with van der Waals surface area (Å²) in [6, 6.07) is 3.87. The molecule has 1 aliphatic rings. The van der Waals surface area contributed by atoms with Crippen LogP contribution >= 0.6 is 15.9 Å². The number of piperidine rings is 1. The normalized spacial score (nSPS) is 22.7. The summed E-state index contributed by atoms with van der Waals surface area (Å²) in [6.07, 6.45) is 1.66. The Kier molecular flexibility index (Phi) is 4.84. The third-order valence-electron chi connectivity index (χ3n) is 3.68. The highest BCUT2D eigenvalue weighted by atomic mass is 79.9. The van der Waals surface area contributed by atoms with E-state index < -0.39 is 15.8 Å². The summed E-state index contributed by atoms with van der Waals surface area (Å²) >= 11 is 3.18. The van der Waals surface area contributed by atoms with Gasteiger partial charge in [0.05, 0.1) is 0 Å².